The largest absolute Gasteiger partial charge is 0.366 e. The van der Waals surface area contributed by atoms with E-state index in [1.54, 1.807) is 18.2 Å². The highest BCUT2D eigenvalue weighted by Crippen LogP contribution is 2.41. The maximum Gasteiger partial charge on any atom is 0.271 e. The van der Waals surface area contributed by atoms with Crippen molar-refractivity contribution in [2.75, 3.05) is 19.6 Å². The third-order valence-electron chi connectivity index (χ3n) is 8.20. The maximum absolute atomic E-state index is 13.3. The minimum Gasteiger partial charge on any atom is -0.366 e. The van der Waals surface area contributed by atoms with Gasteiger partial charge in [-0.3, -0.25) is 24.7 Å². The maximum atomic E-state index is 13.3. The van der Waals surface area contributed by atoms with E-state index in [1.165, 1.54) is 35.5 Å². The first kappa shape index (κ1) is 28.6. The Labute approximate surface area is 244 Å². The number of aromatic nitrogens is 1. The fourth-order valence-electron chi connectivity index (χ4n) is 5.89. The van der Waals surface area contributed by atoms with Gasteiger partial charge in [0, 0.05) is 30.3 Å². The number of nitro benzene ring substituents is 1. The van der Waals surface area contributed by atoms with Crippen molar-refractivity contribution in [1.29, 1.82) is 0 Å². The van der Waals surface area contributed by atoms with Crippen LogP contribution in [0, 0.1) is 10.1 Å². The second-order valence-corrected chi connectivity index (χ2v) is 10.6. The molecule has 3 aromatic carbocycles. The van der Waals surface area contributed by atoms with Crippen molar-refractivity contribution in [1.82, 2.24) is 15.2 Å². The molecule has 1 atom stereocenters. The molecule has 1 aromatic heterocycles. The highest BCUT2D eigenvalue weighted by molar-refractivity contribution is 6.05. The van der Waals surface area contributed by atoms with Crippen LogP contribution in [-0.4, -0.2) is 46.3 Å². The number of pyridine rings is 1. The number of nitrogens with one attached hydrogen (secondary N) is 1. The van der Waals surface area contributed by atoms with E-state index in [1.807, 2.05) is 12.1 Å². The molecular formula is C33H33N5O4. The number of rotatable bonds is 10. The average Bonchev–Trinajstić information content (AvgIpc) is 3.04. The molecule has 0 saturated carbocycles. The number of hydrogen-bond acceptors (Lipinski definition) is 6. The molecule has 5 rings (SSSR count). The summed E-state index contributed by atoms with van der Waals surface area (Å²) in [5.74, 6) is -1.27. The fourth-order valence-corrected chi connectivity index (χ4v) is 5.89. The van der Waals surface area contributed by atoms with Crippen LogP contribution in [0.15, 0.2) is 103 Å². The van der Waals surface area contributed by atoms with Crippen molar-refractivity contribution in [3.05, 3.63) is 141 Å². The average molecular weight is 564 g/mol. The molecule has 0 radical (unpaired) electrons. The van der Waals surface area contributed by atoms with Gasteiger partial charge in [-0.2, -0.15) is 0 Å². The fraction of sp³-hybridized carbons (Fsp3) is 0.242. The Morgan fingerprint density at radius 3 is 2.05 bits per heavy atom. The highest BCUT2D eigenvalue weighted by atomic mass is 16.6. The number of benzene rings is 3. The summed E-state index contributed by atoms with van der Waals surface area (Å²) in [7, 11) is 0. The summed E-state index contributed by atoms with van der Waals surface area (Å²) in [5.41, 5.74) is 8.70. The van der Waals surface area contributed by atoms with Crippen molar-refractivity contribution in [2.24, 2.45) is 5.73 Å². The predicted molar refractivity (Wildman–Crippen MR) is 160 cm³/mol. The van der Waals surface area contributed by atoms with Gasteiger partial charge in [-0.25, -0.2) is 0 Å². The Kier molecular flexibility index (Phi) is 8.68. The molecule has 9 nitrogen and oxygen atoms in total. The van der Waals surface area contributed by atoms with Crippen LogP contribution in [-0.2, 0) is 5.41 Å². The smallest absolute Gasteiger partial charge is 0.271 e. The number of piperidine rings is 1. The van der Waals surface area contributed by atoms with Crippen molar-refractivity contribution in [2.45, 2.75) is 30.7 Å². The van der Waals surface area contributed by atoms with Gasteiger partial charge in [-0.15, -0.1) is 0 Å². The number of carbonyl (C=O) groups is 2. The van der Waals surface area contributed by atoms with Gasteiger partial charge in [0.2, 0.25) is 0 Å². The van der Waals surface area contributed by atoms with Crippen molar-refractivity contribution in [3.8, 4) is 0 Å². The summed E-state index contributed by atoms with van der Waals surface area (Å²) in [6.07, 6.45) is 3.89. The molecule has 3 N–H and O–H groups in total. The molecule has 0 aliphatic carbocycles. The Morgan fingerprint density at radius 2 is 1.50 bits per heavy atom. The van der Waals surface area contributed by atoms with E-state index in [2.05, 4.69) is 63.7 Å². The molecule has 2 amide bonds. The third-order valence-corrected chi connectivity index (χ3v) is 8.20. The number of nitrogens with zero attached hydrogens (tertiary/aromatic N) is 3. The van der Waals surface area contributed by atoms with Gasteiger partial charge in [-0.05, 0) is 61.2 Å². The standard InChI is InChI=1S/C33H33N5O4/c34-31(39)28-12-7-20-35-30(28)32(40)36-29(24-13-15-27(16-14-24)38(41)42)17-21-37-22-18-33(19-23-37,25-8-3-1-4-9-25)26-10-5-2-6-11-26/h1-16,20,29H,17-19,21-23H2,(H2,34,39)(H,36,40). The molecule has 214 valence electrons. The van der Waals surface area contributed by atoms with Crippen LogP contribution in [0.1, 0.15) is 62.8 Å². The molecule has 1 fully saturated rings. The van der Waals surface area contributed by atoms with Gasteiger partial charge in [-0.1, -0.05) is 72.8 Å². The van der Waals surface area contributed by atoms with E-state index in [0.717, 1.165) is 31.5 Å². The molecule has 2 heterocycles. The van der Waals surface area contributed by atoms with E-state index in [0.29, 0.717) is 13.0 Å². The number of primary amides is 1. The number of likely N-dealkylation sites (tertiary alicyclic amines) is 1. The molecule has 1 saturated heterocycles. The van der Waals surface area contributed by atoms with Crippen LogP contribution in [0.4, 0.5) is 5.69 Å². The minimum absolute atomic E-state index is 0.0289. The van der Waals surface area contributed by atoms with Crippen molar-refractivity contribution >= 4 is 17.5 Å². The monoisotopic (exact) mass is 563 g/mol. The van der Waals surface area contributed by atoms with Crippen LogP contribution < -0.4 is 11.1 Å². The first-order valence-electron chi connectivity index (χ1n) is 14.0. The van der Waals surface area contributed by atoms with Crippen LogP contribution >= 0.6 is 0 Å². The predicted octanol–water partition coefficient (Wildman–Crippen LogP) is 5.03. The van der Waals surface area contributed by atoms with Crippen LogP contribution in [0.3, 0.4) is 0 Å². The molecule has 1 unspecified atom stereocenters. The van der Waals surface area contributed by atoms with E-state index in [9.17, 15) is 19.7 Å². The molecule has 9 heteroatoms. The Balaban J connectivity index is 1.33. The summed E-state index contributed by atoms with van der Waals surface area (Å²) in [5, 5.41) is 14.2. The van der Waals surface area contributed by atoms with Gasteiger partial charge < -0.3 is 16.0 Å². The number of hydrogen-bond donors (Lipinski definition) is 2. The Bertz CT molecular complexity index is 1490. The quantitative estimate of drug-likeness (QED) is 0.205. The van der Waals surface area contributed by atoms with Crippen LogP contribution in [0.2, 0.25) is 0 Å². The van der Waals surface area contributed by atoms with E-state index in [-0.39, 0.29) is 22.4 Å². The summed E-state index contributed by atoms with van der Waals surface area (Å²) < 4.78 is 0. The lowest BCUT2D eigenvalue weighted by molar-refractivity contribution is -0.384. The second kappa shape index (κ2) is 12.7. The molecule has 0 bridgehead atoms. The van der Waals surface area contributed by atoms with Gasteiger partial charge >= 0.3 is 0 Å². The lowest BCUT2D eigenvalue weighted by Crippen LogP contribution is -2.44. The molecule has 1 aliphatic rings. The molecule has 1 aliphatic heterocycles. The first-order valence-corrected chi connectivity index (χ1v) is 14.0. The summed E-state index contributed by atoms with van der Waals surface area (Å²) in [6, 6.07) is 30.0. The van der Waals surface area contributed by atoms with Gasteiger partial charge in [0.05, 0.1) is 16.5 Å². The third kappa shape index (κ3) is 6.21. The number of amides is 2. The lowest BCUT2D eigenvalue weighted by Gasteiger charge is -2.43. The van der Waals surface area contributed by atoms with Crippen LogP contribution in [0.5, 0.6) is 0 Å². The van der Waals surface area contributed by atoms with Gasteiger partial charge in [0.25, 0.3) is 17.5 Å². The Morgan fingerprint density at radius 1 is 0.905 bits per heavy atom. The zero-order chi connectivity index (χ0) is 29.5. The zero-order valence-corrected chi connectivity index (χ0v) is 23.2. The van der Waals surface area contributed by atoms with E-state index in [4.69, 9.17) is 5.73 Å². The van der Waals surface area contributed by atoms with Gasteiger partial charge in [0.15, 0.2) is 0 Å². The number of non-ortho nitro benzene ring substituents is 1. The van der Waals surface area contributed by atoms with Crippen molar-refractivity contribution < 1.29 is 14.5 Å². The minimum atomic E-state index is -0.742. The van der Waals surface area contributed by atoms with E-state index >= 15 is 0 Å². The first-order chi connectivity index (χ1) is 20.4. The molecule has 4 aromatic rings. The number of carbonyl (C=O) groups excluding carboxylic acids is 2. The molecule has 42 heavy (non-hydrogen) atoms. The molecular weight excluding hydrogens is 530 g/mol. The molecule has 0 spiro atoms. The zero-order valence-electron chi connectivity index (χ0n) is 23.2. The SMILES string of the molecule is NC(=O)c1cccnc1C(=O)NC(CCN1CCC(c2ccccc2)(c2ccccc2)CC1)c1ccc([N+](=O)[O-])cc1. The van der Waals surface area contributed by atoms with E-state index < -0.39 is 22.8 Å². The topological polar surface area (TPSA) is 131 Å². The summed E-state index contributed by atoms with van der Waals surface area (Å²) >= 11 is 0. The van der Waals surface area contributed by atoms with Crippen LogP contribution in [0.25, 0.3) is 0 Å². The summed E-state index contributed by atoms with van der Waals surface area (Å²) in [6.45, 7) is 2.44. The normalized spacial score (nSPS) is 15.4. The Hall–Kier alpha value is -4.89. The lowest BCUT2D eigenvalue weighted by atomic mass is 9.68. The number of nitro groups is 1. The second-order valence-electron chi connectivity index (χ2n) is 10.6. The number of nitrogens with two attached hydrogens (primary N) is 1. The highest BCUT2D eigenvalue weighted by Gasteiger charge is 2.37. The summed E-state index contributed by atoms with van der Waals surface area (Å²) in [4.78, 5) is 42.4. The van der Waals surface area contributed by atoms with Crippen molar-refractivity contribution in [3.63, 3.8) is 0 Å². The van der Waals surface area contributed by atoms with Gasteiger partial charge in [0.1, 0.15) is 5.69 Å².